The van der Waals surface area contributed by atoms with E-state index in [1.165, 1.54) is 57.8 Å². The van der Waals surface area contributed by atoms with Crippen molar-refractivity contribution in [2.75, 3.05) is 6.61 Å². The van der Waals surface area contributed by atoms with Crippen molar-refractivity contribution >= 4 is 17.8 Å². The van der Waals surface area contributed by atoms with Crippen molar-refractivity contribution in [3.63, 3.8) is 0 Å². The Hall–Kier alpha value is -1.59. The maximum absolute atomic E-state index is 12.4. The van der Waals surface area contributed by atoms with E-state index in [9.17, 15) is 14.4 Å². The second kappa shape index (κ2) is 21.6. The number of carbonyl (C=O) groups is 3. The minimum Gasteiger partial charge on any atom is -0.464 e. The van der Waals surface area contributed by atoms with Crippen LogP contribution in [-0.2, 0) is 19.1 Å². The quantitative estimate of drug-likeness (QED) is 0.170. The molecule has 0 fully saturated rings. The SMILES string of the molecule is CCCCCCCCCCCC(=O)NC(CCC(N)=O)C(=O)OCCCCCCCC. The molecule has 1 atom stereocenters. The number of nitrogens with two attached hydrogens (primary N) is 1. The summed E-state index contributed by atoms with van der Waals surface area (Å²) in [5.74, 6) is -1.11. The number of esters is 1. The van der Waals surface area contributed by atoms with E-state index in [2.05, 4.69) is 19.2 Å². The molecule has 0 saturated heterocycles. The van der Waals surface area contributed by atoms with E-state index >= 15 is 0 Å². The fourth-order valence-corrected chi connectivity index (χ4v) is 3.55. The van der Waals surface area contributed by atoms with Gasteiger partial charge < -0.3 is 15.8 Å². The molecular weight excluding hydrogens is 392 g/mol. The lowest BCUT2D eigenvalue weighted by molar-refractivity contribution is -0.148. The summed E-state index contributed by atoms with van der Waals surface area (Å²) in [7, 11) is 0. The fourth-order valence-electron chi connectivity index (χ4n) is 3.55. The van der Waals surface area contributed by atoms with E-state index < -0.39 is 17.9 Å². The average Bonchev–Trinajstić information content (AvgIpc) is 2.74. The molecule has 0 rings (SSSR count). The van der Waals surface area contributed by atoms with E-state index in [0.29, 0.717) is 13.0 Å². The lowest BCUT2D eigenvalue weighted by atomic mass is 10.1. The van der Waals surface area contributed by atoms with Gasteiger partial charge in [-0.15, -0.1) is 0 Å². The molecule has 6 nitrogen and oxygen atoms in total. The third-order valence-corrected chi connectivity index (χ3v) is 5.55. The lowest BCUT2D eigenvalue weighted by Gasteiger charge is -2.17. The first-order valence-corrected chi connectivity index (χ1v) is 12.8. The van der Waals surface area contributed by atoms with E-state index in [4.69, 9.17) is 10.5 Å². The van der Waals surface area contributed by atoms with E-state index in [1.807, 2.05) is 0 Å². The lowest BCUT2D eigenvalue weighted by Crippen LogP contribution is -2.42. The number of hydrogen-bond acceptors (Lipinski definition) is 4. The molecule has 0 radical (unpaired) electrons. The molecule has 6 heteroatoms. The first-order valence-electron chi connectivity index (χ1n) is 12.8. The monoisotopic (exact) mass is 440 g/mol. The number of unbranched alkanes of at least 4 members (excludes halogenated alkanes) is 13. The summed E-state index contributed by atoms with van der Waals surface area (Å²) in [6.45, 7) is 4.75. The maximum Gasteiger partial charge on any atom is 0.328 e. The molecule has 0 aromatic heterocycles. The molecule has 2 amide bonds. The Bertz CT molecular complexity index is 468. The van der Waals surface area contributed by atoms with Crippen LogP contribution in [0.3, 0.4) is 0 Å². The molecule has 0 aliphatic carbocycles. The molecule has 3 N–H and O–H groups in total. The molecule has 0 aromatic rings. The molecular formula is C25H48N2O4. The van der Waals surface area contributed by atoms with Gasteiger partial charge >= 0.3 is 5.97 Å². The molecule has 0 aromatic carbocycles. The smallest absolute Gasteiger partial charge is 0.328 e. The zero-order chi connectivity index (χ0) is 23.2. The summed E-state index contributed by atoms with van der Waals surface area (Å²) in [6.07, 6.45) is 18.0. The van der Waals surface area contributed by atoms with Crippen molar-refractivity contribution in [1.29, 1.82) is 0 Å². The van der Waals surface area contributed by atoms with Crippen molar-refractivity contribution in [2.45, 2.75) is 135 Å². The zero-order valence-electron chi connectivity index (χ0n) is 20.2. The summed E-state index contributed by atoms with van der Waals surface area (Å²) in [4.78, 5) is 35.7. The van der Waals surface area contributed by atoms with Crippen LogP contribution in [0.15, 0.2) is 0 Å². The standard InChI is InChI=1S/C25H48N2O4/c1-3-5-7-9-11-12-13-14-16-18-24(29)27-22(19-20-23(26)28)25(30)31-21-17-15-10-8-6-4-2/h22H,3-21H2,1-2H3,(H2,26,28)(H,27,29). The second-order valence-electron chi connectivity index (χ2n) is 8.64. The van der Waals surface area contributed by atoms with Gasteiger partial charge in [-0.05, 0) is 19.3 Å². The van der Waals surface area contributed by atoms with Gasteiger partial charge in [0, 0.05) is 12.8 Å². The summed E-state index contributed by atoms with van der Waals surface area (Å²) in [5, 5.41) is 2.74. The van der Waals surface area contributed by atoms with Crippen LogP contribution >= 0.6 is 0 Å². The van der Waals surface area contributed by atoms with Gasteiger partial charge in [-0.25, -0.2) is 4.79 Å². The highest BCUT2D eigenvalue weighted by atomic mass is 16.5. The molecule has 0 heterocycles. The second-order valence-corrected chi connectivity index (χ2v) is 8.64. The topological polar surface area (TPSA) is 98.5 Å². The number of rotatable bonds is 22. The molecule has 0 aliphatic heterocycles. The minimum atomic E-state index is -0.793. The van der Waals surface area contributed by atoms with E-state index in [1.54, 1.807) is 0 Å². The van der Waals surface area contributed by atoms with Crippen LogP contribution in [0.25, 0.3) is 0 Å². The van der Waals surface area contributed by atoms with Gasteiger partial charge in [0.2, 0.25) is 11.8 Å². The van der Waals surface area contributed by atoms with Crippen molar-refractivity contribution < 1.29 is 19.1 Å². The van der Waals surface area contributed by atoms with Gasteiger partial charge in [0.05, 0.1) is 6.61 Å². The summed E-state index contributed by atoms with van der Waals surface area (Å²) < 4.78 is 5.34. The Morgan fingerprint density at radius 3 is 1.71 bits per heavy atom. The Labute approximate surface area is 190 Å². The fraction of sp³-hybridized carbons (Fsp3) is 0.880. The predicted octanol–water partition coefficient (Wildman–Crippen LogP) is 5.56. The van der Waals surface area contributed by atoms with Gasteiger partial charge in [0.25, 0.3) is 0 Å². The number of nitrogens with one attached hydrogen (secondary N) is 1. The van der Waals surface area contributed by atoms with Gasteiger partial charge in [-0.2, -0.15) is 0 Å². The Morgan fingerprint density at radius 1 is 0.710 bits per heavy atom. The molecule has 1 unspecified atom stereocenters. The van der Waals surface area contributed by atoms with Crippen molar-refractivity contribution in [3.8, 4) is 0 Å². The normalized spacial score (nSPS) is 11.8. The maximum atomic E-state index is 12.4. The van der Waals surface area contributed by atoms with Crippen LogP contribution in [0.5, 0.6) is 0 Å². The zero-order valence-corrected chi connectivity index (χ0v) is 20.2. The molecule has 31 heavy (non-hydrogen) atoms. The van der Waals surface area contributed by atoms with Gasteiger partial charge in [-0.3, -0.25) is 9.59 Å². The van der Waals surface area contributed by atoms with E-state index in [0.717, 1.165) is 38.5 Å². The third kappa shape index (κ3) is 20.1. The molecule has 0 saturated carbocycles. The summed E-state index contributed by atoms with van der Waals surface area (Å²) >= 11 is 0. The first-order chi connectivity index (χ1) is 15.0. The number of carbonyl (C=O) groups excluding carboxylic acids is 3. The highest BCUT2D eigenvalue weighted by Gasteiger charge is 2.22. The van der Waals surface area contributed by atoms with Gasteiger partial charge in [-0.1, -0.05) is 97.3 Å². The molecule has 0 bridgehead atoms. The molecule has 182 valence electrons. The number of ether oxygens (including phenoxy) is 1. The Balaban J connectivity index is 4.06. The predicted molar refractivity (Wildman–Crippen MR) is 127 cm³/mol. The van der Waals surface area contributed by atoms with Crippen LogP contribution in [0.1, 0.15) is 129 Å². The molecule has 0 spiro atoms. The third-order valence-electron chi connectivity index (χ3n) is 5.55. The molecule has 0 aliphatic rings. The van der Waals surface area contributed by atoms with Gasteiger partial charge in [0.15, 0.2) is 0 Å². The number of amides is 2. The van der Waals surface area contributed by atoms with E-state index in [-0.39, 0.29) is 18.7 Å². The summed E-state index contributed by atoms with van der Waals surface area (Å²) in [6, 6.07) is -0.793. The summed E-state index contributed by atoms with van der Waals surface area (Å²) in [5.41, 5.74) is 5.21. The highest BCUT2D eigenvalue weighted by molar-refractivity contribution is 5.85. The number of primary amides is 1. The Morgan fingerprint density at radius 2 is 1.19 bits per heavy atom. The van der Waals surface area contributed by atoms with Crippen LogP contribution in [0.2, 0.25) is 0 Å². The van der Waals surface area contributed by atoms with Crippen LogP contribution in [0, 0.1) is 0 Å². The van der Waals surface area contributed by atoms with Crippen LogP contribution in [-0.4, -0.2) is 30.4 Å². The van der Waals surface area contributed by atoms with Gasteiger partial charge in [0.1, 0.15) is 6.04 Å². The Kier molecular flexibility index (Phi) is 20.5. The van der Waals surface area contributed by atoms with Crippen molar-refractivity contribution in [2.24, 2.45) is 5.73 Å². The highest BCUT2D eigenvalue weighted by Crippen LogP contribution is 2.11. The van der Waals surface area contributed by atoms with Crippen LogP contribution in [0.4, 0.5) is 0 Å². The largest absolute Gasteiger partial charge is 0.464 e. The number of hydrogen-bond donors (Lipinski definition) is 2. The minimum absolute atomic E-state index is 0.0507. The average molecular weight is 441 g/mol. The van der Waals surface area contributed by atoms with Crippen molar-refractivity contribution in [1.82, 2.24) is 5.32 Å². The first kappa shape index (κ1) is 29.4. The van der Waals surface area contributed by atoms with Crippen molar-refractivity contribution in [3.05, 3.63) is 0 Å². The van der Waals surface area contributed by atoms with Crippen LogP contribution < -0.4 is 11.1 Å².